The predicted octanol–water partition coefficient (Wildman–Crippen LogP) is 2.22. The Morgan fingerprint density at radius 1 is 1.33 bits per heavy atom. The number of hydrogen-bond acceptors (Lipinski definition) is 1. The number of hydrogen-bond donors (Lipinski definition) is 0. The molecule has 0 heterocycles. The largest absolute Gasteiger partial charge is 0.290 e. The van der Waals surface area contributed by atoms with Crippen molar-refractivity contribution in [1.29, 1.82) is 0 Å². The molecule has 0 fully saturated rings. The Kier molecular flexibility index (Phi) is 1.94. The molecule has 12 heavy (non-hydrogen) atoms. The number of rotatable bonds is 1. The first kappa shape index (κ1) is 7.53. The Hall–Kier alpha value is -1.11. The summed E-state index contributed by atoms with van der Waals surface area (Å²) in [4.78, 5) is 10.6. The van der Waals surface area contributed by atoms with E-state index in [2.05, 4.69) is 12.4 Å². The second-order valence-corrected chi connectivity index (χ2v) is 3.26. The Labute approximate surface area is 72.4 Å². The summed E-state index contributed by atoms with van der Waals surface area (Å²) >= 11 is 0. The van der Waals surface area contributed by atoms with Gasteiger partial charge in [-0.2, -0.15) is 0 Å². The second-order valence-electron chi connectivity index (χ2n) is 3.26. The van der Waals surface area contributed by atoms with Crippen LogP contribution in [-0.2, 0) is 11.2 Å². The Morgan fingerprint density at radius 3 is 3.00 bits per heavy atom. The second kappa shape index (κ2) is 3.10. The van der Waals surface area contributed by atoms with E-state index in [-0.39, 0.29) is 5.92 Å². The summed E-state index contributed by atoms with van der Waals surface area (Å²) in [5.41, 5.74) is 2.52. The van der Waals surface area contributed by atoms with Gasteiger partial charge in [-0.1, -0.05) is 24.3 Å². The normalized spacial score (nSPS) is 21.5. The van der Waals surface area contributed by atoms with Crippen molar-refractivity contribution in [2.75, 3.05) is 0 Å². The van der Waals surface area contributed by atoms with Crippen LogP contribution in [0.3, 0.4) is 0 Å². The Balaban J connectivity index is 2.43. The molecular formula is C11H11O. The molecule has 0 aliphatic heterocycles. The highest BCUT2D eigenvalue weighted by atomic mass is 16.1. The summed E-state index contributed by atoms with van der Waals surface area (Å²) in [6.45, 7) is 0. The van der Waals surface area contributed by atoms with Crippen molar-refractivity contribution in [3.05, 3.63) is 35.4 Å². The standard InChI is InChI=1S/C11H11O/c12-8-10-6-3-5-9-4-1-2-7-11(9)10/h1-2,4,7,10H,3,5-6H2/t10-/m0/s1. The van der Waals surface area contributed by atoms with E-state index in [4.69, 9.17) is 0 Å². The highest BCUT2D eigenvalue weighted by molar-refractivity contribution is 5.64. The van der Waals surface area contributed by atoms with Gasteiger partial charge < -0.3 is 0 Å². The van der Waals surface area contributed by atoms with Gasteiger partial charge >= 0.3 is 0 Å². The molecule has 0 saturated heterocycles. The maximum Gasteiger partial charge on any atom is 0.206 e. The zero-order valence-electron chi connectivity index (χ0n) is 6.92. The fourth-order valence-corrected chi connectivity index (χ4v) is 1.88. The van der Waals surface area contributed by atoms with E-state index in [1.54, 1.807) is 0 Å². The molecule has 1 radical (unpaired) electrons. The molecule has 0 aromatic heterocycles. The van der Waals surface area contributed by atoms with Crippen LogP contribution in [-0.4, -0.2) is 6.29 Å². The highest BCUT2D eigenvalue weighted by Gasteiger charge is 2.18. The Bertz CT molecular complexity index is 291. The lowest BCUT2D eigenvalue weighted by Crippen LogP contribution is -2.10. The molecule has 0 bridgehead atoms. The van der Waals surface area contributed by atoms with Crippen molar-refractivity contribution < 1.29 is 4.79 Å². The molecule has 0 unspecified atom stereocenters. The average Bonchev–Trinajstić information content (AvgIpc) is 2.17. The number of fused-ring (bicyclic) bond motifs is 1. The molecule has 1 aromatic carbocycles. The van der Waals surface area contributed by atoms with Gasteiger partial charge in [-0.15, -0.1) is 0 Å². The average molecular weight is 159 g/mol. The SMILES string of the molecule is O=[C][C@@H]1CCCc2ccccc21. The zero-order valence-corrected chi connectivity index (χ0v) is 6.92. The van der Waals surface area contributed by atoms with Crippen molar-refractivity contribution in [1.82, 2.24) is 0 Å². The zero-order chi connectivity index (χ0) is 8.39. The summed E-state index contributed by atoms with van der Waals surface area (Å²) in [5.74, 6) is 0.0370. The van der Waals surface area contributed by atoms with Crippen LogP contribution >= 0.6 is 0 Å². The van der Waals surface area contributed by atoms with E-state index in [1.807, 2.05) is 18.2 Å². The van der Waals surface area contributed by atoms with Gasteiger partial charge in [0.25, 0.3) is 0 Å². The molecule has 1 aliphatic carbocycles. The number of benzene rings is 1. The molecule has 0 saturated carbocycles. The minimum absolute atomic E-state index is 0.0370. The van der Waals surface area contributed by atoms with Gasteiger partial charge in [0.15, 0.2) is 0 Å². The third kappa shape index (κ3) is 1.15. The molecule has 1 nitrogen and oxygen atoms in total. The van der Waals surface area contributed by atoms with Crippen LogP contribution in [0.2, 0.25) is 0 Å². The fourth-order valence-electron chi connectivity index (χ4n) is 1.88. The molecule has 61 valence electrons. The molecule has 1 aliphatic rings. The summed E-state index contributed by atoms with van der Waals surface area (Å²) < 4.78 is 0. The molecule has 0 N–H and O–H groups in total. The minimum atomic E-state index is 0.0370. The molecule has 0 amide bonds. The van der Waals surface area contributed by atoms with Gasteiger partial charge in [-0.3, -0.25) is 4.79 Å². The van der Waals surface area contributed by atoms with Crippen molar-refractivity contribution >= 4 is 6.29 Å². The first-order chi connectivity index (χ1) is 5.92. The third-order valence-electron chi connectivity index (χ3n) is 2.51. The van der Waals surface area contributed by atoms with Gasteiger partial charge in [0.05, 0.1) is 5.92 Å². The van der Waals surface area contributed by atoms with E-state index in [1.165, 1.54) is 11.1 Å². The smallest absolute Gasteiger partial charge is 0.206 e. The molecule has 1 aromatic rings. The molecule has 2 rings (SSSR count). The van der Waals surface area contributed by atoms with Crippen LogP contribution in [0.1, 0.15) is 29.9 Å². The molecule has 0 spiro atoms. The van der Waals surface area contributed by atoms with Crippen LogP contribution in [0, 0.1) is 0 Å². The van der Waals surface area contributed by atoms with E-state index in [9.17, 15) is 4.79 Å². The number of aryl methyl sites for hydroxylation is 1. The van der Waals surface area contributed by atoms with Crippen LogP contribution < -0.4 is 0 Å². The van der Waals surface area contributed by atoms with Gasteiger partial charge in [0.2, 0.25) is 6.29 Å². The van der Waals surface area contributed by atoms with Gasteiger partial charge in [0.1, 0.15) is 0 Å². The third-order valence-corrected chi connectivity index (χ3v) is 2.51. The van der Waals surface area contributed by atoms with Crippen molar-refractivity contribution in [2.45, 2.75) is 25.2 Å². The van der Waals surface area contributed by atoms with Crippen molar-refractivity contribution in [3.63, 3.8) is 0 Å². The summed E-state index contributed by atoms with van der Waals surface area (Å²) in [6.07, 6.45) is 5.32. The van der Waals surface area contributed by atoms with Crippen molar-refractivity contribution in [3.8, 4) is 0 Å². The van der Waals surface area contributed by atoms with E-state index in [0.717, 1.165) is 19.3 Å². The highest BCUT2D eigenvalue weighted by Crippen LogP contribution is 2.29. The lowest BCUT2D eigenvalue weighted by Gasteiger charge is -2.19. The lowest BCUT2D eigenvalue weighted by atomic mass is 9.84. The first-order valence-electron chi connectivity index (χ1n) is 4.37. The summed E-state index contributed by atoms with van der Waals surface area (Å²) in [7, 11) is 0. The maximum atomic E-state index is 10.6. The van der Waals surface area contributed by atoms with E-state index >= 15 is 0 Å². The van der Waals surface area contributed by atoms with Gasteiger partial charge in [-0.25, -0.2) is 0 Å². The van der Waals surface area contributed by atoms with Crippen molar-refractivity contribution in [2.24, 2.45) is 0 Å². The van der Waals surface area contributed by atoms with E-state index in [0.29, 0.717) is 0 Å². The summed E-state index contributed by atoms with van der Waals surface area (Å²) in [5, 5.41) is 0. The minimum Gasteiger partial charge on any atom is -0.290 e. The van der Waals surface area contributed by atoms with Crippen LogP contribution in [0.15, 0.2) is 24.3 Å². The van der Waals surface area contributed by atoms with E-state index < -0.39 is 0 Å². The number of carbonyl (C=O) groups excluding carboxylic acids is 1. The van der Waals surface area contributed by atoms with Crippen LogP contribution in [0.4, 0.5) is 0 Å². The lowest BCUT2D eigenvalue weighted by molar-refractivity contribution is 0.526. The van der Waals surface area contributed by atoms with Crippen LogP contribution in [0.5, 0.6) is 0 Å². The quantitative estimate of drug-likeness (QED) is 0.614. The topological polar surface area (TPSA) is 17.1 Å². The van der Waals surface area contributed by atoms with Gasteiger partial charge in [-0.05, 0) is 30.4 Å². The van der Waals surface area contributed by atoms with Gasteiger partial charge in [0, 0.05) is 0 Å². The Morgan fingerprint density at radius 2 is 2.17 bits per heavy atom. The summed E-state index contributed by atoms with van der Waals surface area (Å²) in [6, 6.07) is 8.18. The molecular weight excluding hydrogens is 148 g/mol. The molecule has 1 heteroatoms. The monoisotopic (exact) mass is 159 g/mol. The predicted molar refractivity (Wildman–Crippen MR) is 47.8 cm³/mol. The fraction of sp³-hybridized carbons (Fsp3) is 0.364. The first-order valence-corrected chi connectivity index (χ1v) is 4.37. The maximum absolute atomic E-state index is 10.6. The van der Waals surface area contributed by atoms with Crippen LogP contribution in [0.25, 0.3) is 0 Å². The molecule has 1 atom stereocenters.